The Labute approximate surface area is 279 Å². The summed E-state index contributed by atoms with van der Waals surface area (Å²) in [5.41, 5.74) is 9.92. The number of nitrogens with zero attached hydrogens (tertiary/aromatic N) is 3. The van der Waals surface area contributed by atoms with Gasteiger partial charge in [0.1, 0.15) is 28.0 Å². The normalized spacial score (nSPS) is 12.1. The number of hydrogen-bond donors (Lipinski definition) is 0. The van der Waals surface area contributed by atoms with E-state index >= 15 is 0 Å². The number of rotatable bonds is 3. The van der Waals surface area contributed by atoms with Crippen LogP contribution in [0.1, 0.15) is 0 Å². The van der Waals surface area contributed by atoms with Crippen molar-refractivity contribution in [3.63, 3.8) is 0 Å². The molecule has 11 rings (SSSR count). The van der Waals surface area contributed by atoms with E-state index < -0.39 is 0 Å². The number of benzene rings is 7. The quantitative estimate of drug-likeness (QED) is 0.196. The van der Waals surface area contributed by atoms with Gasteiger partial charge >= 0.3 is 0 Å². The number of fused-ring (bicyclic) bond motifs is 11. The summed E-state index contributed by atoms with van der Waals surface area (Å²) in [5, 5.41) is 8.08. The lowest BCUT2D eigenvalue weighted by Crippen LogP contribution is -1.93. The molecule has 0 saturated carbocycles. The number of hydrogen-bond acceptors (Lipinski definition) is 4. The first-order valence-corrected chi connectivity index (χ1v) is 16.4. The first-order valence-electron chi connectivity index (χ1n) is 16.4. The predicted octanol–water partition coefficient (Wildman–Crippen LogP) is 11.9. The molecule has 0 aliphatic heterocycles. The van der Waals surface area contributed by atoms with Crippen LogP contribution in [0.4, 0.5) is 0 Å². The molecule has 0 radical (unpaired) electrons. The molecule has 0 unspecified atom stereocenters. The van der Waals surface area contributed by atoms with Crippen molar-refractivity contribution in [3.8, 4) is 28.3 Å². The van der Waals surface area contributed by atoms with Crippen LogP contribution in [0.2, 0.25) is 0 Å². The van der Waals surface area contributed by atoms with Gasteiger partial charge in [0, 0.05) is 49.8 Å². The highest BCUT2D eigenvalue weighted by Crippen LogP contribution is 2.40. The van der Waals surface area contributed by atoms with Gasteiger partial charge in [-0.05, 0) is 59.3 Å². The summed E-state index contributed by atoms with van der Waals surface area (Å²) < 4.78 is 15.3. The van der Waals surface area contributed by atoms with Gasteiger partial charge in [-0.3, -0.25) is 0 Å². The van der Waals surface area contributed by atoms with Crippen LogP contribution in [0, 0.1) is 0 Å². The van der Waals surface area contributed by atoms with Gasteiger partial charge in [-0.1, -0.05) is 97.1 Å². The van der Waals surface area contributed by atoms with Crippen molar-refractivity contribution in [2.24, 2.45) is 0 Å². The Bertz CT molecular complexity index is 3110. The second-order valence-electron chi connectivity index (χ2n) is 12.6. The Morgan fingerprint density at radius 1 is 0.449 bits per heavy atom. The molecule has 0 N–H and O–H groups in total. The van der Waals surface area contributed by atoms with Crippen LogP contribution in [0.25, 0.3) is 105 Å². The number of para-hydroxylation sites is 2. The van der Waals surface area contributed by atoms with E-state index in [9.17, 15) is 0 Å². The minimum Gasteiger partial charge on any atom is -0.456 e. The Hall–Kier alpha value is -6.72. The lowest BCUT2D eigenvalue weighted by Gasteiger charge is -2.08. The molecule has 0 aliphatic carbocycles. The van der Waals surface area contributed by atoms with Crippen LogP contribution in [-0.4, -0.2) is 14.5 Å². The summed E-state index contributed by atoms with van der Waals surface area (Å²) in [6, 6.07) is 52.6. The smallest absolute Gasteiger partial charge is 0.180 e. The summed E-state index contributed by atoms with van der Waals surface area (Å²) in [6.07, 6.45) is 0. The zero-order chi connectivity index (χ0) is 32.1. The molecule has 0 fully saturated rings. The van der Waals surface area contributed by atoms with Gasteiger partial charge < -0.3 is 13.4 Å². The van der Waals surface area contributed by atoms with E-state index in [1.807, 2.05) is 42.5 Å². The molecule has 7 aromatic carbocycles. The Morgan fingerprint density at radius 3 is 2.08 bits per heavy atom. The van der Waals surface area contributed by atoms with E-state index in [0.717, 1.165) is 60.9 Å². The third kappa shape index (κ3) is 3.81. The molecular weight excluding hydrogens is 603 g/mol. The fourth-order valence-corrected chi connectivity index (χ4v) is 7.57. The molecule has 0 saturated heterocycles. The van der Waals surface area contributed by atoms with E-state index in [2.05, 4.69) is 114 Å². The molecule has 5 heteroatoms. The Balaban J connectivity index is 1.10. The molecule has 0 amide bonds. The third-order valence-electron chi connectivity index (χ3n) is 9.80. The molecule has 11 aromatic rings. The van der Waals surface area contributed by atoms with Crippen molar-refractivity contribution in [2.45, 2.75) is 0 Å². The molecule has 0 atom stereocenters. The molecule has 0 spiro atoms. The van der Waals surface area contributed by atoms with Gasteiger partial charge in [-0.25, -0.2) is 9.97 Å². The summed E-state index contributed by atoms with van der Waals surface area (Å²) in [4.78, 5) is 10.1. The third-order valence-corrected chi connectivity index (χ3v) is 9.80. The van der Waals surface area contributed by atoms with Crippen LogP contribution in [-0.2, 0) is 0 Å². The summed E-state index contributed by atoms with van der Waals surface area (Å²) >= 11 is 0. The van der Waals surface area contributed by atoms with Crippen LogP contribution in [0.3, 0.4) is 0 Å². The standard InChI is InChI=1S/C44H25N3O2/c1-2-11-27(12-3-1)41-43-42(34-15-7-9-17-37(34)49-43)46-44(45-41)28-18-21-31-32-22-20-29(25-39(32)48-38(31)24-28)47-35-16-8-6-14-33(35)40-30-13-5-4-10-26(30)19-23-36(40)47/h1-25H. The molecule has 5 nitrogen and oxygen atoms in total. The topological polar surface area (TPSA) is 57.0 Å². The summed E-state index contributed by atoms with van der Waals surface area (Å²) in [5.74, 6) is 0.624. The molecular formula is C44H25N3O2. The van der Waals surface area contributed by atoms with Crippen molar-refractivity contribution in [3.05, 3.63) is 152 Å². The fraction of sp³-hybridized carbons (Fsp3) is 0. The SMILES string of the molecule is c1ccc(-c2nc(-c3ccc4c(c3)oc3cc(-n5c6ccccc6c6c7ccccc7ccc65)ccc34)nc3c2oc2ccccc23)cc1. The van der Waals surface area contributed by atoms with Crippen molar-refractivity contribution in [1.82, 2.24) is 14.5 Å². The van der Waals surface area contributed by atoms with E-state index in [1.54, 1.807) is 0 Å². The number of furan rings is 2. The highest BCUT2D eigenvalue weighted by Gasteiger charge is 2.20. The van der Waals surface area contributed by atoms with Crippen molar-refractivity contribution >= 4 is 76.6 Å². The lowest BCUT2D eigenvalue weighted by molar-refractivity contribution is 0.667. The average molecular weight is 628 g/mol. The van der Waals surface area contributed by atoms with Gasteiger partial charge in [0.05, 0.1) is 11.0 Å². The van der Waals surface area contributed by atoms with Crippen LogP contribution < -0.4 is 0 Å². The maximum absolute atomic E-state index is 6.62. The highest BCUT2D eigenvalue weighted by atomic mass is 16.3. The number of aromatic nitrogens is 3. The fourth-order valence-electron chi connectivity index (χ4n) is 7.57. The van der Waals surface area contributed by atoms with Gasteiger partial charge in [-0.2, -0.15) is 0 Å². The molecule has 0 bridgehead atoms. The van der Waals surface area contributed by atoms with Gasteiger partial charge in [-0.15, -0.1) is 0 Å². The average Bonchev–Trinajstić information content (AvgIpc) is 3.83. The van der Waals surface area contributed by atoms with Crippen molar-refractivity contribution in [1.29, 1.82) is 0 Å². The largest absolute Gasteiger partial charge is 0.456 e. The van der Waals surface area contributed by atoms with E-state index in [4.69, 9.17) is 18.8 Å². The maximum atomic E-state index is 6.62. The monoisotopic (exact) mass is 627 g/mol. The lowest BCUT2D eigenvalue weighted by atomic mass is 10.0. The first kappa shape index (κ1) is 26.4. The molecule has 4 heterocycles. The first-order chi connectivity index (χ1) is 24.3. The van der Waals surface area contributed by atoms with E-state index in [-0.39, 0.29) is 0 Å². The van der Waals surface area contributed by atoms with E-state index in [1.165, 1.54) is 32.6 Å². The zero-order valence-electron chi connectivity index (χ0n) is 26.1. The Morgan fingerprint density at radius 2 is 1.18 bits per heavy atom. The second-order valence-corrected chi connectivity index (χ2v) is 12.6. The van der Waals surface area contributed by atoms with Gasteiger partial charge in [0.15, 0.2) is 11.4 Å². The Kier molecular flexibility index (Phi) is 5.32. The molecule has 228 valence electrons. The molecule has 49 heavy (non-hydrogen) atoms. The maximum Gasteiger partial charge on any atom is 0.180 e. The summed E-state index contributed by atoms with van der Waals surface area (Å²) in [7, 11) is 0. The van der Waals surface area contributed by atoms with Crippen molar-refractivity contribution in [2.75, 3.05) is 0 Å². The van der Waals surface area contributed by atoms with Crippen LogP contribution in [0.15, 0.2) is 160 Å². The minimum absolute atomic E-state index is 0.624. The minimum atomic E-state index is 0.624. The highest BCUT2D eigenvalue weighted by molar-refractivity contribution is 6.21. The molecule has 0 aliphatic rings. The molecule has 4 aromatic heterocycles. The van der Waals surface area contributed by atoms with Gasteiger partial charge in [0.2, 0.25) is 0 Å². The summed E-state index contributed by atoms with van der Waals surface area (Å²) in [6.45, 7) is 0. The van der Waals surface area contributed by atoms with Gasteiger partial charge in [0.25, 0.3) is 0 Å². The predicted molar refractivity (Wildman–Crippen MR) is 199 cm³/mol. The van der Waals surface area contributed by atoms with Crippen LogP contribution in [0.5, 0.6) is 0 Å². The second kappa shape index (κ2) is 9.89. The van der Waals surface area contributed by atoms with Crippen LogP contribution >= 0.6 is 0 Å². The van der Waals surface area contributed by atoms with E-state index in [0.29, 0.717) is 11.4 Å². The zero-order valence-corrected chi connectivity index (χ0v) is 26.1. The van der Waals surface area contributed by atoms with Crippen molar-refractivity contribution < 1.29 is 8.83 Å².